The number of ether oxygens (including phenoxy) is 2. The van der Waals surface area contributed by atoms with Crippen molar-refractivity contribution < 1.29 is 22.6 Å². The Kier molecular flexibility index (Phi) is 5.57. The number of hydrogen-bond donors (Lipinski definition) is 0. The van der Waals surface area contributed by atoms with Crippen LogP contribution in [0, 0.1) is 0 Å². The van der Waals surface area contributed by atoms with E-state index in [1.165, 1.54) is 17.7 Å². The summed E-state index contributed by atoms with van der Waals surface area (Å²) in [6.45, 7) is 5.22. The van der Waals surface area contributed by atoms with Crippen LogP contribution in [0.2, 0.25) is 0 Å². The van der Waals surface area contributed by atoms with Crippen LogP contribution in [0.1, 0.15) is 16.8 Å². The van der Waals surface area contributed by atoms with E-state index in [1.54, 1.807) is 22.9 Å². The zero-order valence-corrected chi connectivity index (χ0v) is 17.5. The summed E-state index contributed by atoms with van der Waals surface area (Å²) in [5, 5.41) is 0. The van der Waals surface area contributed by atoms with Gasteiger partial charge >= 0.3 is 6.18 Å². The number of halogens is 3. The molecule has 8 heteroatoms. The molecule has 5 nitrogen and oxygen atoms in total. The molecule has 0 radical (unpaired) electrons. The third kappa shape index (κ3) is 4.33. The Bertz CT molecular complexity index is 1090. The molecule has 2 aliphatic heterocycles. The van der Waals surface area contributed by atoms with Gasteiger partial charge in [-0.15, -0.1) is 0 Å². The summed E-state index contributed by atoms with van der Waals surface area (Å²) in [5.74, 6) is 1.58. The van der Waals surface area contributed by atoms with Crippen LogP contribution in [0.3, 0.4) is 0 Å². The van der Waals surface area contributed by atoms with E-state index in [0.29, 0.717) is 6.54 Å². The number of benzene rings is 2. The van der Waals surface area contributed by atoms with Gasteiger partial charge in [0, 0.05) is 51.2 Å². The quantitative estimate of drug-likeness (QED) is 0.579. The Balaban J connectivity index is 1.22. The van der Waals surface area contributed by atoms with E-state index >= 15 is 0 Å². The van der Waals surface area contributed by atoms with E-state index < -0.39 is 11.7 Å². The highest BCUT2D eigenvalue weighted by Crippen LogP contribution is 2.35. The number of rotatable bonds is 5. The minimum Gasteiger partial charge on any atom is -0.454 e. The number of piperazine rings is 1. The highest BCUT2D eigenvalue weighted by atomic mass is 19.4. The lowest BCUT2D eigenvalue weighted by Crippen LogP contribution is -2.45. The van der Waals surface area contributed by atoms with Gasteiger partial charge in [-0.2, -0.15) is 13.2 Å². The van der Waals surface area contributed by atoms with Gasteiger partial charge in [0.1, 0.15) is 0 Å². The highest BCUT2D eigenvalue weighted by molar-refractivity contribution is 5.45. The normalized spacial score (nSPS) is 17.1. The lowest BCUT2D eigenvalue weighted by atomic mass is 10.1. The van der Waals surface area contributed by atoms with Gasteiger partial charge < -0.3 is 14.0 Å². The lowest BCUT2D eigenvalue weighted by molar-refractivity contribution is -0.137. The Morgan fingerprint density at radius 1 is 0.781 bits per heavy atom. The van der Waals surface area contributed by atoms with Gasteiger partial charge in [0.2, 0.25) is 6.79 Å². The number of hydrogen-bond acceptors (Lipinski definition) is 4. The van der Waals surface area contributed by atoms with E-state index in [0.717, 1.165) is 56.0 Å². The van der Waals surface area contributed by atoms with Crippen LogP contribution < -0.4 is 9.47 Å². The number of para-hydroxylation sites is 1. The van der Waals surface area contributed by atoms with Crippen molar-refractivity contribution >= 4 is 0 Å². The van der Waals surface area contributed by atoms with Crippen LogP contribution in [0.5, 0.6) is 11.5 Å². The average molecular weight is 443 g/mol. The molecule has 2 aromatic carbocycles. The van der Waals surface area contributed by atoms with Crippen molar-refractivity contribution in [3.8, 4) is 17.2 Å². The molecule has 3 aromatic rings. The fourth-order valence-corrected chi connectivity index (χ4v) is 4.34. The molecule has 0 N–H and O–H groups in total. The van der Waals surface area contributed by atoms with Crippen molar-refractivity contribution in [1.82, 2.24) is 14.4 Å². The Labute approximate surface area is 184 Å². The number of nitrogens with zero attached hydrogens (tertiary/aromatic N) is 3. The van der Waals surface area contributed by atoms with E-state index in [2.05, 4.69) is 15.9 Å². The first kappa shape index (κ1) is 20.9. The van der Waals surface area contributed by atoms with Gasteiger partial charge in [-0.25, -0.2) is 0 Å². The lowest BCUT2D eigenvalue weighted by Gasteiger charge is -2.35. The standard InChI is InChI=1S/C24H24F3N3O2/c25-24(26,27)20-5-1-2-6-21(20)30-9-3-4-19(30)16-29-12-10-28(11-13-29)15-18-7-8-22-23(14-18)32-17-31-22/h1-9,14H,10-13,15-17H2. The molecular weight excluding hydrogens is 419 g/mol. The van der Waals surface area contributed by atoms with E-state index in [1.807, 2.05) is 18.2 Å². The predicted octanol–water partition coefficient (Wildman–Crippen LogP) is 4.54. The molecule has 3 heterocycles. The third-order valence-electron chi connectivity index (χ3n) is 6.00. The van der Waals surface area contributed by atoms with Crippen LogP contribution in [-0.4, -0.2) is 47.3 Å². The maximum atomic E-state index is 13.5. The van der Waals surface area contributed by atoms with Crippen LogP contribution in [-0.2, 0) is 19.3 Å². The molecule has 1 aromatic heterocycles. The molecule has 1 saturated heterocycles. The Morgan fingerprint density at radius 2 is 1.50 bits per heavy atom. The van der Waals surface area contributed by atoms with Crippen LogP contribution in [0.4, 0.5) is 13.2 Å². The number of fused-ring (bicyclic) bond motifs is 1. The second-order valence-corrected chi connectivity index (χ2v) is 8.12. The summed E-state index contributed by atoms with van der Waals surface area (Å²) in [4.78, 5) is 4.67. The van der Waals surface area contributed by atoms with Gasteiger partial charge in [-0.05, 0) is 42.0 Å². The Hall–Kier alpha value is -2.97. The van der Waals surface area contributed by atoms with Crippen molar-refractivity contribution in [1.29, 1.82) is 0 Å². The average Bonchev–Trinajstić information content (AvgIpc) is 3.43. The topological polar surface area (TPSA) is 29.9 Å². The summed E-state index contributed by atoms with van der Waals surface area (Å²) in [5.41, 5.74) is 1.58. The van der Waals surface area contributed by atoms with Crippen molar-refractivity contribution in [3.63, 3.8) is 0 Å². The van der Waals surface area contributed by atoms with Crippen molar-refractivity contribution in [2.24, 2.45) is 0 Å². The summed E-state index contributed by atoms with van der Waals surface area (Å²) >= 11 is 0. The molecule has 0 saturated carbocycles. The van der Waals surface area contributed by atoms with E-state index in [-0.39, 0.29) is 12.5 Å². The molecule has 0 aliphatic carbocycles. The molecule has 2 aliphatic rings. The smallest absolute Gasteiger partial charge is 0.418 e. The SMILES string of the molecule is FC(F)(F)c1ccccc1-n1cccc1CN1CCN(Cc2ccc3c(c2)OCO3)CC1. The van der Waals surface area contributed by atoms with Crippen LogP contribution in [0.25, 0.3) is 5.69 Å². The molecule has 5 rings (SSSR count). The molecule has 1 fully saturated rings. The highest BCUT2D eigenvalue weighted by Gasteiger charge is 2.34. The first-order valence-electron chi connectivity index (χ1n) is 10.6. The fourth-order valence-electron chi connectivity index (χ4n) is 4.34. The van der Waals surface area contributed by atoms with Crippen LogP contribution >= 0.6 is 0 Å². The Morgan fingerprint density at radius 3 is 2.28 bits per heavy atom. The van der Waals surface area contributed by atoms with Crippen molar-refractivity contribution in [2.45, 2.75) is 19.3 Å². The minimum absolute atomic E-state index is 0.168. The van der Waals surface area contributed by atoms with E-state index in [9.17, 15) is 13.2 Å². The zero-order valence-electron chi connectivity index (χ0n) is 17.5. The molecule has 32 heavy (non-hydrogen) atoms. The van der Waals surface area contributed by atoms with Gasteiger partial charge in [-0.1, -0.05) is 18.2 Å². The molecule has 0 bridgehead atoms. The summed E-state index contributed by atoms with van der Waals surface area (Å²) in [7, 11) is 0. The maximum absolute atomic E-state index is 13.5. The second kappa shape index (κ2) is 8.52. The van der Waals surface area contributed by atoms with Crippen molar-refractivity contribution in [3.05, 3.63) is 77.6 Å². The maximum Gasteiger partial charge on any atom is 0.418 e. The first-order chi connectivity index (χ1) is 15.5. The number of alkyl halides is 3. The minimum atomic E-state index is -4.39. The third-order valence-corrected chi connectivity index (χ3v) is 6.00. The summed E-state index contributed by atoms with van der Waals surface area (Å²) in [6.07, 6.45) is -2.69. The van der Waals surface area contributed by atoms with Gasteiger partial charge in [0.25, 0.3) is 0 Å². The van der Waals surface area contributed by atoms with Gasteiger partial charge in [-0.3, -0.25) is 9.80 Å². The monoisotopic (exact) mass is 443 g/mol. The van der Waals surface area contributed by atoms with Gasteiger partial charge in [0.15, 0.2) is 11.5 Å². The molecule has 0 atom stereocenters. The molecule has 0 amide bonds. The number of aromatic nitrogens is 1. The molecular formula is C24H24F3N3O2. The summed E-state index contributed by atoms with van der Waals surface area (Å²) < 4.78 is 52.9. The summed E-state index contributed by atoms with van der Waals surface area (Å²) in [6, 6.07) is 15.5. The zero-order chi connectivity index (χ0) is 22.1. The molecule has 0 spiro atoms. The molecule has 0 unspecified atom stereocenters. The predicted molar refractivity (Wildman–Crippen MR) is 114 cm³/mol. The van der Waals surface area contributed by atoms with Crippen molar-refractivity contribution in [2.75, 3.05) is 33.0 Å². The van der Waals surface area contributed by atoms with Gasteiger partial charge in [0.05, 0.1) is 11.3 Å². The van der Waals surface area contributed by atoms with Crippen LogP contribution in [0.15, 0.2) is 60.8 Å². The fraction of sp³-hybridized carbons (Fsp3) is 0.333. The second-order valence-electron chi connectivity index (χ2n) is 8.12. The first-order valence-corrected chi connectivity index (χ1v) is 10.6. The largest absolute Gasteiger partial charge is 0.454 e. The van der Waals surface area contributed by atoms with E-state index in [4.69, 9.17) is 9.47 Å². The molecule has 168 valence electrons.